The predicted molar refractivity (Wildman–Crippen MR) is 80.5 cm³/mol. The van der Waals surface area contributed by atoms with Gasteiger partial charge in [0.25, 0.3) is 0 Å². The molecule has 1 unspecified atom stereocenters. The molecule has 112 valence electrons. The quantitative estimate of drug-likeness (QED) is 0.856. The maximum Gasteiger partial charge on any atom is 0.236 e. The zero-order valence-electron chi connectivity index (χ0n) is 12.0. The molecule has 2 aliphatic rings. The van der Waals surface area contributed by atoms with Gasteiger partial charge in [-0.15, -0.1) is 12.4 Å². The Kier molecular flexibility index (Phi) is 7.11. The fourth-order valence-electron chi connectivity index (χ4n) is 3.07. The molecule has 0 bridgehead atoms. The zero-order valence-corrected chi connectivity index (χ0v) is 12.8. The van der Waals surface area contributed by atoms with E-state index < -0.39 is 0 Å². The van der Waals surface area contributed by atoms with E-state index in [0.717, 1.165) is 44.8 Å². The average molecular weight is 290 g/mol. The second kappa shape index (κ2) is 8.08. The van der Waals surface area contributed by atoms with Crippen LogP contribution in [0.4, 0.5) is 0 Å². The Morgan fingerprint density at radius 2 is 1.84 bits per heavy atom. The summed E-state index contributed by atoms with van der Waals surface area (Å²) < 4.78 is 0. The lowest BCUT2D eigenvalue weighted by atomic mass is 9.99. The molecule has 0 spiro atoms. The highest BCUT2D eigenvalue weighted by atomic mass is 35.5. The highest BCUT2D eigenvalue weighted by Gasteiger charge is 2.26. The normalized spacial score (nSPS) is 26.0. The van der Waals surface area contributed by atoms with Crippen LogP contribution >= 0.6 is 12.4 Å². The maximum atomic E-state index is 12.3. The summed E-state index contributed by atoms with van der Waals surface area (Å²) in [4.78, 5) is 16.6. The molecule has 0 aromatic carbocycles. The van der Waals surface area contributed by atoms with E-state index in [1.54, 1.807) is 0 Å². The van der Waals surface area contributed by atoms with Crippen LogP contribution in [-0.4, -0.2) is 54.5 Å². The Morgan fingerprint density at radius 3 is 2.47 bits per heavy atom. The molecule has 0 aromatic rings. The van der Waals surface area contributed by atoms with Crippen LogP contribution in [0.25, 0.3) is 0 Å². The van der Waals surface area contributed by atoms with Crippen LogP contribution in [0.1, 0.15) is 39.0 Å². The number of amides is 1. The molecular formula is C14H28ClN3O. The van der Waals surface area contributed by atoms with Gasteiger partial charge in [0.2, 0.25) is 5.91 Å². The number of nitrogens with zero attached hydrogens (tertiary/aromatic N) is 2. The first-order chi connectivity index (χ1) is 8.70. The van der Waals surface area contributed by atoms with E-state index >= 15 is 0 Å². The number of hydrogen-bond donors (Lipinski definition) is 1. The van der Waals surface area contributed by atoms with E-state index in [0.29, 0.717) is 25.0 Å². The van der Waals surface area contributed by atoms with E-state index in [1.165, 1.54) is 12.8 Å². The van der Waals surface area contributed by atoms with E-state index in [2.05, 4.69) is 11.8 Å². The van der Waals surface area contributed by atoms with Crippen molar-refractivity contribution in [3.63, 3.8) is 0 Å². The largest absolute Gasteiger partial charge is 0.342 e. The minimum atomic E-state index is 0. The number of carbonyl (C=O) groups excluding carboxylic acids is 1. The Bertz CT molecular complexity index is 280. The van der Waals surface area contributed by atoms with Crippen molar-refractivity contribution >= 4 is 18.3 Å². The number of nitrogens with two attached hydrogens (primary N) is 1. The van der Waals surface area contributed by atoms with Gasteiger partial charge in [0.15, 0.2) is 0 Å². The molecule has 2 saturated heterocycles. The summed E-state index contributed by atoms with van der Waals surface area (Å²) in [7, 11) is 0. The molecule has 2 fully saturated rings. The summed E-state index contributed by atoms with van der Waals surface area (Å²) in [6.07, 6.45) is 5.94. The minimum absolute atomic E-state index is 0. The summed E-state index contributed by atoms with van der Waals surface area (Å²) in [5.74, 6) is 1.09. The van der Waals surface area contributed by atoms with Crippen molar-refractivity contribution < 1.29 is 4.79 Å². The van der Waals surface area contributed by atoms with E-state index in [4.69, 9.17) is 5.73 Å². The second-order valence-electron chi connectivity index (χ2n) is 5.92. The first-order valence-corrected chi connectivity index (χ1v) is 7.42. The van der Waals surface area contributed by atoms with Gasteiger partial charge < -0.3 is 10.6 Å². The van der Waals surface area contributed by atoms with Gasteiger partial charge in [-0.25, -0.2) is 0 Å². The van der Waals surface area contributed by atoms with Crippen LogP contribution in [0.2, 0.25) is 0 Å². The van der Waals surface area contributed by atoms with Gasteiger partial charge in [0.05, 0.1) is 6.54 Å². The molecule has 1 amide bonds. The Morgan fingerprint density at radius 1 is 1.16 bits per heavy atom. The highest BCUT2D eigenvalue weighted by molar-refractivity contribution is 5.85. The van der Waals surface area contributed by atoms with Crippen molar-refractivity contribution in [2.45, 2.75) is 45.1 Å². The fourth-order valence-corrected chi connectivity index (χ4v) is 3.07. The van der Waals surface area contributed by atoms with Gasteiger partial charge in [-0.1, -0.05) is 13.3 Å². The molecule has 5 heteroatoms. The molecule has 0 aliphatic carbocycles. The minimum Gasteiger partial charge on any atom is -0.342 e. The lowest BCUT2D eigenvalue weighted by Gasteiger charge is -2.37. The zero-order chi connectivity index (χ0) is 13.0. The first kappa shape index (κ1) is 16.7. The Hall–Kier alpha value is -0.320. The molecule has 4 nitrogen and oxygen atoms in total. The standard InChI is InChI=1S/C14H27N3O.ClH/c1-12-5-8-16(9-6-12)14(18)11-17-7-3-2-4-13(17)10-15;/h12-13H,2-11,15H2,1H3;1H. The van der Waals surface area contributed by atoms with Crippen molar-refractivity contribution in [3.05, 3.63) is 0 Å². The summed E-state index contributed by atoms with van der Waals surface area (Å²) in [6.45, 7) is 6.47. The van der Waals surface area contributed by atoms with Gasteiger partial charge in [-0.05, 0) is 38.1 Å². The third-order valence-electron chi connectivity index (χ3n) is 4.50. The van der Waals surface area contributed by atoms with Crippen molar-refractivity contribution in [3.8, 4) is 0 Å². The summed E-state index contributed by atoms with van der Waals surface area (Å²) in [5.41, 5.74) is 5.80. The molecule has 2 heterocycles. The van der Waals surface area contributed by atoms with Gasteiger partial charge >= 0.3 is 0 Å². The molecule has 19 heavy (non-hydrogen) atoms. The van der Waals surface area contributed by atoms with E-state index in [1.807, 2.05) is 4.90 Å². The Balaban J connectivity index is 0.00000180. The van der Waals surface area contributed by atoms with Crippen molar-refractivity contribution in [1.82, 2.24) is 9.80 Å². The number of likely N-dealkylation sites (tertiary alicyclic amines) is 2. The Labute approximate surface area is 123 Å². The van der Waals surface area contributed by atoms with Gasteiger partial charge in [-0.2, -0.15) is 0 Å². The van der Waals surface area contributed by atoms with Crippen LogP contribution in [0, 0.1) is 5.92 Å². The van der Waals surface area contributed by atoms with Crippen LogP contribution in [0.3, 0.4) is 0 Å². The van der Waals surface area contributed by atoms with Crippen LogP contribution in [-0.2, 0) is 4.79 Å². The van der Waals surface area contributed by atoms with Crippen molar-refractivity contribution in [2.24, 2.45) is 11.7 Å². The molecule has 2 N–H and O–H groups in total. The SMILES string of the molecule is CC1CCN(C(=O)CN2CCCCC2CN)CC1.Cl. The van der Waals surface area contributed by atoms with Crippen LogP contribution in [0.15, 0.2) is 0 Å². The van der Waals surface area contributed by atoms with Crippen molar-refractivity contribution in [2.75, 3.05) is 32.7 Å². The number of carbonyl (C=O) groups is 1. The van der Waals surface area contributed by atoms with Crippen LogP contribution in [0.5, 0.6) is 0 Å². The smallest absolute Gasteiger partial charge is 0.236 e. The topological polar surface area (TPSA) is 49.6 Å². The molecule has 0 saturated carbocycles. The molecule has 2 rings (SSSR count). The molecule has 0 radical (unpaired) electrons. The number of halogens is 1. The highest BCUT2D eigenvalue weighted by Crippen LogP contribution is 2.19. The van der Waals surface area contributed by atoms with Crippen LogP contribution < -0.4 is 5.73 Å². The lowest BCUT2D eigenvalue weighted by molar-refractivity contribution is -0.134. The van der Waals surface area contributed by atoms with E-state index in [9.17, 15) is 4.79 Å². The van der Waals surface area contributed by atoms with Gasteiger partial charge in [-0.3, -0.25) is 9.69 Å². The fraction of sp³-hybridized carbons (Fsp3) is 0.929. The summed E-state index contributed by atoms with van der Waals surface area (Å²) >= 11 is 0. The summed E-state index contributed by atoms with van der Waals surface area (Å²) in [5, 5.41) is 0. The third kappa shape index (κ3) is 4.62. The molecule has 2 aliphatic heterocycles. The third-order valence-corrected chi connectivity index (χ3v) is 4.50. The predicted octanol–water partition coefficient (Wildman–Crippen LogP) is 1.48. The van der Waals surface area contributed by atoms with Gasteiger partial charge in [0.1, 0.15) is 0 Å². The average Bonchev–Trinajstić information content (AvgIpc) is 2.40. The molecule has 1 atom stereocenters. The van der Waals surface area contributed by atoms with E-state index in [-0.39, 0.29) is 12.4 Å². The van der Waals surface area contributed by atoms with Crippen molar-refractivity contribution in [1.29, 1.82) is 0 Å². The number of rotatable bonds is 3. The molecular weight excluding hydrogens is 262 g/mol. The monoisotopic (exact) mass is 289 g/mol. The number of hydrogen-bond acceptors (Lipinski definition) is 3. The maximum absolute atomic E-state index is 12.3. The summed E-state index contributed by atoms with van der Waals surface area (Å²) in [6, 6.07) is 0.423. The second-order valence-corrected chi connectivity index (χ2v) is 5.92. The first-order valence-electron chi connectivity index (χ1n) is 7.42. The molecule has 0 aromatic heterocycles. The number of piperidine rings is 2. The van der Waals surface area contributed by atoms with Gasteiger partial charge in [0, 0.05) is 25.7 Å². The lowest BCUT2D eigenvalue weighted by Crippen LogP contribution is -2.50.